The first-order valence-corrected chi connectivity index (χ1v) is 7.51. The van der Waals surface area contributed by atoms with Gasteiger partial charge in [-0.3, -0.25) is 10.2 Å². The van der Waals surface area contributed by atoms with Crippen molar-refractivity contribution in [2.75, 3.05) is 33.7 Å². The number of nitrogens with one attached hydrogen (secondary N) is 1. The van der Waals surface area contributed by atoms with Crippen LogP contribution in [0.25, 0.3) is 0 Å². The Morgan fingerprint density at radius 3 is 2.62 bits per heavy atom. The lowest BCUT2D eigenvalue weighted by Crippen LogP contribution is -2.31. The van der Waals surface area contributed by atoms with Crippen LogP contribution in [0.2, 0.25) is 0 Å². The van der Waals surface area contributed by atoms with E-state index < -0.39 is 0 Å². The Kier molecular flexibility index (Phi) is 5.73. The molecule has 2 rings (SSSR count). The molecule has 1 aromatic rings. The lowest BCUT2D eigenvalue weighted by Gasteiger charge is -2.21. The fourth-order valence-corrected chi connectivity index (χ4v) is 2.99. The smallest absolute Gasteiger partial charge is 0.238 e. The molecule has 1 amide bonds. The van der Waals surface area contributed by atoms with Crippen LogP contribution in [0.3, 0.4) is 0 Å². The predicted molar refractivity (Wildman–Crippen MR) is 84.4 cm³/mol. The van der Waals surface area contributed by atoms with Gasteiger partial charge in [0.2, 0.25) is 5.91 Å². The SMILES string of the molecule is CN1CCC(CN(C)Cc2ccc(CC(=O)NN)cc2)C1. The normalized spacial score (nSPS) is 19.1. The van der Waals surface area contributed by atoms with Crippen molar-refractivity contribution in [2.45, 2.75) is 19.4 Å². The molecule has 0 bridgehead atoms. The van der Waals surface area contributed by atoms with Crippen molar-refractivity contribution in [1.29, 1.82) is 0 Å². The Balaban J connectivity index is 1.80. The van der Waals surface area contributed by atoms with Crippen LogP contribution in [0.1, 0.15) is 17.5 Å². The van der Waals surface area contributed by atoms with Crippen molar-refractivity contribution < 1.29 is 4.79 Å². The van der Waals surface area contributed by atoms with E-state index in [4.69, 9.17) is 5.84 Å². The molecule has 3 N–H and O–H groups in total. The fraction of sp³-hybridized carbons (Fsp3) is 0.562. The molecule has 1 aliphatic rings. The summed E-state index contributed by atoms with van der Waals surface area (Å²) in [5.41, 5.74) is 4.42. The van der Waals surface area contributed by atoms with Crippen LogP contribution in [-0.2, 0) is 17.8 Å². The minimum Gasteiger partial charge on any atom is -0.306 e. The summed E-state index contributed by atoms with van der Waals surface area (Å²) in [4.78, 5) is 16.0. The van der Waals surface area contributed by atoms with E-state index in [2.05, 4.69) is 41.5 Å². The second-order valence-electron chi connectivity index (χ2n) is 6.17. The zero-order valence-corrected chi connectivity index (χ0v) is 13.0. The fourth-order valence-electron chi connectivity index (χ4n) is 2.99. The van der Waals surface area contributed by atoms with Gasteiger partial charge in [-0.1, -0.05) is 24.3 Å². The van der Waals surface area contributed by atoms with Crippen LogP contribution in [0.15, 0.2) is 24.3 Å². The lowest BCUT2D eigenvalue weighted by atomic mass is 10.1. The average molecular weight is 290 g/mol. The van der Waals surface area contributed by atoms with Crippen LogP contribution in [0.4, 0.5) is 0 Å². The summed E-state index contributed by atoms with van der Waals surface area (Å²) in [5.74, 6) is 5.72. The maximum Gasteiger partial charge on any atom is 0.238 e. The summed E-state index contributed by atoms with van der Waals surface area (Å²) >= 11 is 0. The molecule has 1 atom stereocenters. The minimum absolute atomic E-state index is 0.162. The Morgan fingerprint density at radius 2 is 2.05 bits per heavy atom. The number of rotatable bonds is 6. The van der Waals surface area contributed by atoms with E-state index in [0.717, 1.165) is 24.6 Å². The number of carbonyl (C=O) groups is 1. The van der Waals surface area contributed by atoms with Crippen LogP contribution >= 0.6 is 0 Å². The largest absolute Gasteiger partial charge is 0.306 e. The van der Waals surface area contributed by atoms with Crippen LogP contribution < -0.4 is 11.3 Å². The first-order valence-electron chi connectivity index (χ1n) is 7.51. The highest BCUT2D eigenvalue weighted by atomic mass is 16.2. The summed E-state index contributed by atoms with van der Waals surface area (Å²) in [6, 6.07) is 8.19. The molecule has 0 aliphatic carbocycles. The van der Waals surface area contributed by atoms with Gasteiger partial charge in [-0.25, -0.2) is 5.84 Å². The predicted octanol–water partition coefficient (Wildman–Crippen LogP) is 0.603. The van der Waals surface area contributed by atoms with Gasteiger partial charge in [0, 0.05) is 19.6 Å². The molecule has 0 saturated carbocycles. The summed E-state index contributed by atoms with van der Waals surface area (Å²) in [5, 5.41) is 0. The van der Waals surface area contributed by atoms with E-state index in [1.807, 2.05) is 12.1 Å². The molecule has 0 radical (unpaired) electrons. The third kappa shape index (κ3) is 5.12. The molecule has 5 heteroatoms. The number of benzene rings is 1. The van der Waals surface area contributed by atoms with Gasteiger partial charge >= 0.3 is 0 Å². The average Bonchev–Trinajstić information content (AvgIpc) is 2.86. The molecule has 1 unspecified atom stereocenters. The highest BCUT2D eigenvalue weighted by molar-refractivity contribution is 5.77. The van der Waals surface area contributed by atoms with Crippen LogP contribution in [-0.4, -0.2) is 49.4 Å². The molecule has 0 aromatic heterocycles. The maximum atomic E-state index is 11.2. The monoisotopic (exact) mass is 290 g/mol. The number of nitrogens with two attached hydrogens (primary N) is 1. The molecule has 1 saturated heterocycles. The Hall–Kier alpha value is -1.43. The van der Waals surface area contributed by atoms with E-state index in [0.29, 0.717) is 6.42 Å². The summed E-state index contributed by atoms with van der Waals surface area (Å²) in [6.07, 6.45) is 1.63. The van der Waals surface area contributed by atoms with Crippen molar-refractivity contribution in [1.82, 2.24) is 15.2 Å². The van der Waals surface area contributed by atoms with Crippen LogP contribution in [0.5, 0.6) is 0 Å². The Bertz CT molecular complexity index is 460. The number of hydrogen-bond donors (Lipinski definition) is 2. The number of hydrogen-bond acceptors (Lipinski definition) is 4. The van der Waals surface area contributed by atoms with Crippen molar-refractivity contribution in [3.63, 3.8) is 0 Å². The summed E-state index contributed by atoms with van der Waals surface area (Å²) in [6.45, 7) is 4.51. The third-order valence-electron chi connectivity index (χ3n) is 4.06. The second kappa shape index (κ2) is 7.54. The number of amides is 1. The van der Waals surface area contributed by atoms with Gasteiger partial charge in [0.15, 0.2) is 0 Å². The quantitative estimate of drug-likeness (QED) is 0.458. The first kappa shape index (κ1) is 15.9. The highest BCUT2D eigenvalue weighted by Crippen LogP contribution is 2.16. The molecule has 1 aliphatic heterocycles. The van der Waals surface area contributed by atoms with Crippen molar-refractivity contribution in [2.24, 2.45) is 11.8 Å². The van der Waals surface area contributed by atoms with Crippen molar-refractivity contribution >= 4 is 5.91 Å². The van der Waals surface area contributed by atoms with E-state index in [9.17, 15) is 4.79 Å². The molecule has 1 heterocycles. The number of carbonyl (C=O) groups excluding carboxylic acids is 1. The number of nitrogens with zero attached hydrogens (tertiary/aromatic N) is 2. The molecular weight excluding hydrogens is 264 g/mol. The standard InChI is InChI=1S/C16H26N4O/c1-19-8-7-15(11-19)12-20(2)10-14-5-3-13(4-6-14)9-16(21)18-17/h3-6,15H,7-12,17H2,1-2H3,(H,18,21). The lowest BCUT2D eigenvalue weighted by molar-refractivity contribution is -0.120. The van der Waals surface area contributed by atoms with Gasteiger partial charge in [0.1, 0.15) is 0 Å². The molecule has 5 nitrogen and oxygen atoms in total. The van der Waals surface area contributed by atoms with Gasteiger partial charge in [0.25, 0.3) is 0 Å². The summed E-state index contributed by atoms with van der Waals surface area (Å²) < 4.78 is 0. The zero-order valence-electron chi connectivity index (χ0n) is 13.0. The van der Waals surface area contributed by atoms with Crippen molar-refractivity contribution in [3.05, 3.63) is 35.4 Å². The van der Waals surface area contributed by atoms with E-state index in [1.165, 1.54) is 25.1 Å². The third-order valence-corrected chi connectivity index (χ3v) is 4.06. The topological polar surface area (TPSA) is 61.6 Å². The maximum absolute atomic E-state index is 11.2. The highest BCUT2D eigenvalue weighted by Gasteiger charge is 2.20. The molecule has 116 valence electrons. The summed E-state index contributed by atoms with van der Waals surface area (Å²) in [7, 11) is 4.37. The van der Waals surface area contributed by atoms with E-state index in [1.54, 1.807) is 0 Å². The molecule has 21 heavy (non-hydrogen) atoms. The van der Waals surface area contributed by atoms with Gasteiger partial charge in [0.05, 0.1) is 6.42 Å². The molecule has 1 fully saturated rings. The second-order valence-corrected chi connectivity index (χ2v) is 6.17. The molecule has 1 aromatic carbocycles. The molecule has 0 spiro atoms. The van der Waals surface area contributed by atoms with E-state index in [-0.39, 0.29) is 5.91 Å². The minimum atomic E-state index is -0.162. The zero-order chi connectivity index (χ0) is 15.2. The van der Waals surface area contributed by atoms with Gasteiger partial charge in [-0.15, -0.1) is 0 Å². The van der Waals surface area contributed by atoms with Gasteiger partial charge in [-0.05, 0) is 44.1 Å². The van der Waals surface area contributed by atoms with Gasteiger partial charge in [-0.2, -0.15) is 0 Å². The Morgan fingerprint density at radius 1 is 1.38 bits per heavy atom. The number of hydrazine groups is 1. The van der Waals surface area contributed by atoms with Crippen LogP contribution in [0, 0.1) is 5.92 Å². The van der Waals surface area contributed by atoms with E-state index >= 15 is 0 Å². The molecular formula is C16H26N4O. The van der Waals surface area contributed by atoms with Crippen molar-refractivity contribution in [3.8, 4) is 0 Å². The van der Waals surface area contributed by atoms with Gasteiger partial charge < -0.3 is 9.80 Å². The first-order chi connectivity index (χ1) is 10.1. The Labute approximate surface area is 127 Å². The number of likely N-dealkylation sites (tertiary alicyclic amines) is 1.